The lowest BCUT2D eigenvalue weighted by Crippen LogP contribution is -2.49. The maximum absolute atomic E-state index is 13.1. The Morgan fingerprint density at radius 2 is 1.62 bits per heavy atom. The van der Waals surface area contributed by atoms with Crippen molar-refractivity contribution in [3.05, 3.63) is 64.1 Å². The van der Waals surface area contributed by atoms with Crippen LogP contribution in [0.5, 0.6) is 5.75 Å². The Morgan fingerprint density at radius 1 is 1.03 bits per heavy atom. The first kappa shape index (κ1) is 22.9. The highest BCUT2D eigenvalue weighted by atomic mass is 79.9. The van der Waals surface area contributed by atoms with Crippen LogP contribution in [-0.2, 0) is 22.6 Å². The van der Waals surface area contributed by atoms with Crippen molar-refractivity contribution in [1.29, 1.82) is 0 Å². The number of benzene rings is 2. The van der Waals surface area contributed by atoms with Gasteiger partial charge in [0.15, 0.2) is 0 Å². The molecule has 5 nitrogen and oxygen atoms in total. The molecule has 0 spiro atoms. The molecule has 2 rings (SSSR count). The molecule has 6 heteroatoms. The Balaban J connectivity index is 2.20. The van der Waals surface area contributed by atoms with Crippen molar-refractivity contribution >= 4 is 27.7 Å². The zero-order chi connectivity index (χ0) is 21.4. The fourth-order valence-electron chi connectivity index (χ4n) is 2.85. The SMILES string of the molecule is CC[C@H](C)NC(=O)[C@H](C)N(Cc1ccc(Br)cc1)C(=O)Cc1ccc(OC)cc1. The van der Waals surface area contributed by atoms with Crippen LogP contribution >= 0.6 is 15.9 Å². The second-order valence-corrected chi connectivity index (χ2v) is 8.08. The van der Waals surface area contributed by atoms with Crippen LogP contribution < -0.4 is 10.1 Å². The predicted molar refractivity (Wildman–Crippen MR) is 119 cm³/mol. The standard InChI is InChI=1S/C23H29BrN2O3/c1-5-16(2)25-23(28)17(3)26(15-19-6-10-20(24)11-7-19)22(27)14-18-8-12-21(29-4)13-9-18/h6-13,16-17H,5,14-15H2,1-4H3,(H,25,28)/t16-,17-/m0/s1. The van der Waals surface area contributed by atoms with Gasteiger partial charge in [-0.1, -0.05) is 47.1 Å². The molecule has 0 aromatic heterocycles. The average molecular weight is 461 g/mol. The summed E-state index contributed by atoms with van der Waals surface area (Å²) < 4.78 is 6.15. The third-order valence-corrected chi connectivity index (χ3v) is 5.48. The van der Waals surface area contributed by atoms with Crippen LogP contribution in [0.25, 0.3) is 0 Å². The second kappa shape index (κ2) is 11.0. The summed E-state index contributed by atoms with van der Waals surface area (Å²) in [5, 5.41) is 2.98. The molecule has 0 saturated heterocycles. The molecule has 0 aliphatic carbocycles. The molecule has 0 bridgehead atoms. The van der Waals surface area contributed by atoms with Crippen LogP contribution in [0.15, 0.2) is 53.0 Å². The third-order valence-electron chi connectivity index (χ3n) is 4.95. The van der Waals surface area contributed by atoms with Crippen LogP contribution in [0.1, 0.15) is 38.3 Å². The highest BCUT2D eigenvalue weighted by molar-refractivity contribution is 9.10. The average Bonchev–Trinajstić information content (AvgIpc) is 2.73. The first-order chi connectivity index (χ1) is 13.8. The van der Waals surface area contributed by atoms with Crippen LogP contribution in [0.4, 0.5) is 0 Å². The van der Waals surface area contributed by atoms with Gasteiger partial charge in [-0.3, -0.25) is 9.59 Å². The van der Waals surface area contributed by atoms with E-state index in [4.69, 9.17) is 4.74 Å². The van der Waals surface area contributed by atoms with Crippen molar-refractivity contribution in [3.8, 4) is 5.75 Å². The second-order valence-electron chi connectivity index (χ2n) is 7.17. The first-order valence-electron chi connectivity index (χ1n) is 9.81. The highest BCUT2D eigenvalue weighted by Gasteiger charge is 2.26. The Morgan fingerprint density at radius 3 is 2.17 bits per heavy atom. The molecule has 0 unspecified atom stereocenters. The van der Waals surface area contributed by atoms with Gasteiger partial charge in [-0.05, 0) is 55.7 Å². The molecular weight excluding hydrogens is 432 g/mol. The first-order valence-corrected chi connectivity index (χ1v) is 10.6. The van der Waals surface area contributed by atoms with Crippen LogP contribution in [0.2, 0.25) is 0 Å². The summed E-state index contributed by atoms with van der Waals surface area (Å²) in [4.78, 5) is 27.5. The van der Waals surface area contributed by atoms with Crippen LogP contribution in [0, 0.1) is 0 Å². The van der Waals surface area contributed by atoms with Gasteiger partial charge in [0, 0.05) is 17.1 Å². The topological polar surface area (TPSA) is 58.6 Å². The Hall–Kier alpha value is -2.34. The summed E-state index contributed by atoms with van der Waals surface area (Å²) >= 11 is 3.43. The van der Waals surface area contributed by atoms with Gasteiger partial charge in [-0.25, -0.2) is 0 Å². The lowest BCUT2D eigenvalue weighted by Gasteiger charge is -2.30. The van der Waals surface area contributed by atoms with E-state index in [1.54, 1.807) is 18.9 Å². The number of hydrogen-bond donors (Lipinski definition) is 1. The maximum atomic E-state index is 13.1. The molecule has 2 amide bonds. The zero-order valence-corrected chi connectivity index (χ0v) is 19.0. The lowest BCUT2D eigenvalue weighted by molar-refractivity contribution is -0.140. The Bertz CT molecular complexity index is 806. The molecule has 1 N–H and O–H groups in total. The van der Waals surface area contributed by atoms with Crippen molar-refractivity contribution in [1.82, 2.24) is 10.2 Å². The van der Waals surface area contributed by atoms with Gasteiger partial charge in [0.25, 0.3) is 0 Å². The number of carbonyl (C=O) groups excluding carboxylic acids is 2. The number of ether oxygens (including phenoxy) is 1. The van der Waals surface area contributed by atoms with Crippen molar-refractivity contribution in [3.63, 3.8) is 0 Å². The molecule has 0 radical (unpaired) electrons. The maximum Gasteiger partial charge on any atom is 0.242 e. The quantitative estimate of drug-likeness (QED) is 0.605. The van der Waals surface area contributed by atoms with E-state index in [2.05, 4.69) is 21.2 Å². The van der Waals surface area contributed by atoms with Gasteiger partial charge in [-0.15, -0.1) is 0 Å². The van der Waals surface area contributed by atoms with Crippen LogP contribution in [0.3, 0.4) is 0 Å². The molecule has 29 heavy (non-hydrogen) atoms. The number of methoxy groups -OCH3 is 1. The van der Waals surface area contributed by atoms with E-state index in [1.165, 1.54) is 0 Å². The molecule has 2 aromatic rings. The minimum Gasteiger partial charge on any atom is -0.497 e. The number of carbonyl (C=O) groups is 2. The van der Waals surface area contributed by atoms with Gasteiger partial charge in [-0.2, -0.15) is 0 Å². The fourth-order valence-corrected chi connectivity index (χ4v) is 3.12. The minimum absolute atomic E-state index is 0.0659. The van der Waals surface area contributed by atoms with Crippen molar-refractivity contribution in [2.45, 2.75) is 52.2 Å². The highest BCUT2D eigenvalue weighted by Crippen LogP contribution is 2.17. The van der Waals surface area contributed by atoms with Crippen molar-refractivity contribution in [2.75, 3.05) is 7.11 Å². The van der Waals surface area contributed by atoms with E-state index in [0.717, 1.165) is 27.8 Å². The largest absolute Gasteiger partial charge is 0.497 e. The van der Waals surface area contributed by atoms with Gasteiger partial charge in [0.1, 0.15) is 11.8 Å². The molecule has 0 aliphatic rings. The van der Waals surface area contributed by atoms with E-state index in [0.29, 0.717) is 6.54 Å². The normalized spacial score (nSPS) is 12.7. The van der Waals surface area contributed by atoms with Gasteiger partial charge in [0.05, 0.1) is 13.5 Å². The van der Waals surface area contributed by atoms with Gasteiger partial charge in [0.2, 0.25) is 11.8 Å². The molecule has 2 aromatic carbocycles. The zero-order valence-electron chi connectivity index (χ0n) is 17.4. The summed E-state index contributed by atoms with van der Waals surface area (Å²) in [7, 11) is 1.61. The van der Waals surface area contributed by atoms with E-state index in [9.17, 15) is 9.59 Å². The van der Waals surface area contributed by atoms with Crippen LogP contribution in [-0.4, -0.2) is 35.9 Å². The minimum atomic E-state index is -0.571. The van der Waals surface area contributed by atoms with E-state index >= 15 is 0 Å². The monoisotopic (exact) mass is 460 g/mol. The molecule has 0 fully saturated rings. The summed E-state index contributed by atoms with van der Waals surface area (Å²) in [6.07, 6.45) is 1.06. The summed E-state index contributed by atoms with van der Waals surface area (Å²) in [6, 6.07) is 14.7. The number of amides is 2. The third kappa shape index (κ3) is 6.89. The van der Waals surface area contributed by atoms with Crippen molar-refractivity contribution in [2.24, 2.45) is 0 Å². The van der Waals surface area contributed by atoms with E-state index in [-0.39, 0.29) is 24.3 Å². The number of hydrogen-bond acceptors (Lipinski definition) is 3. The predicted octanol–water partition coefficient (Wildman–Crippen LogP) is 4.33. The smallest absolute Gasteiger partial charge is 0.242 e. The number of halogens is 1. The Kier molecular flexibility index (Phi) is 8.70. The number of nitrogens with zero attached hydrogens (tertiary/aromatic N) is 1. The van der Waals surface area contributed by atoms with Gasteiger partial charge < -0.3 is 15.0 Å². The number of nitrogens with one attached hydrogen (secondary N) is 1. The van der Waals surface area contributed by atoms with Crippen molar-refractivity contribution < 1.29 is 14.3 Å². The number of rotatable bonds is 9. The Labute approximate surface area is 181 Å². The van der Waals surface area contributed by atoms with Gasteiger partial charge >= 0.3 is 0 Å². The molecule has 0 saturated carbocycles. The lowest BCUT2D eigenvalue weighted by atomic mass is 10.1. The van der Waals surface area contributed by atoms with E-state index < -0.39 is 6.04 Å². The molecule has 0 aliphatic heterocycles. The molecule has 156 valence electrons. The summed E-state index contributed by atoms with van der Waals surface area (Å²) in [5.74, 6) is 0.513. The summed E-state index contributed by atoms with van der Waals surface area (Å²) in [5.41, 5.74) is 1.85. The van der Waals surface area contributed by atoms with E-state index in [1.807, 2.05) is 62.4 Å². The molecular formula is C23H29BrN2O3. The molecule has 2 atom stereocenters. The molecule has 0 heterocycles. The summed E-state index contributed by atoms with van der Waals surface area (Å²) in [6.45, 7) is 6.13. The fraction of sp³-hybridized carbons (Fsp3) is 0.391.